The van der Waals surface area contributed by atoms with Gasteiger partial charge in [0.05, 0.1) is 0 Å². The van der Waals surface area contributed by atoms with Gasteiger partial charge in [-0.1, -0.05) is 24.3 Å². The van der Waals surface area contributed by atoms with Gasteiger partial charge in [-0.15, -0.1) is 0 Å². The van der Waals surface area contributed by atoms with E-state index in [0.29, 0.717) is 5.92 Å². The minimum atomic E-state index is 0.287. The van der Waals surface area contributed by atoms with Crippen LogP contribution in [0.4, 0.5) is 11.4 Å². The van der Waals surface area contributed by atoms with Crippen molar-refractivity contribution in [2.75, 3.05) is 11.5 Å². The van der Waals surface area contributed by atoms with E-state index in [-0.39, 0.29) is 5.41 Å². The molecule has 0 saturated heterocycles. The molecular weight excluding hydrogens is 316 g/mol. The number of benzene rings is 2. The fourth-order valence-electron chi connectivity index (χ4n) is 6.92. The average molecular weight is 347 g/mol. The molecule has 4 saturated carbocycles. The third-order valence-corrected chi connectivity index (χ3v) is 7.81. The number of hydrogen-bond donors (Lipinski definition) is 2. The molecule has 4 fully saturated rings. The Balaban J connectivity index is 1.68. The Hall–Kier alpha value is -1.96. The third kappa shape index (κ3) is 2.24. The predicted molar refractivity (Wildman–Crippen MR) is 109 cm³/mol. The molecule has 3 atom stereocenters. The zero-order chi connectivity index (χ0) is 18.1. The highest BCUT2D eigenvalue weighted by atomic mass is 14.6. The maximum Gasteiger partial charge on any atom is 0.0343 e. The summed E-state index contributed by atoms with van der Waals surface area (Å²) in [6.45, 7) is 4.30. The zero-order valence-corrected chi connectivity index (χ0v) is 16.0. The van der Waals surface area contributed by atoms with Gasteiger partial charge in [0, 0.05) is 16.8 Å². The summed E-state index contributed by atoms with van der Waals surface area (Å²) in [6.07, 6.45) is 6.98. The molecule has 2 aromatic carbocycles. The van der Waals surface area contributed by atoms with E-state index in [9.17, 15) is 0 Å². The van der Waals surface area contributed by atoms with Crippen molar-refractivity contribution in [1.82, 2.24) is 0 Å². The van der Waals surface area contributed by atoms with Crippen molar-refractivity contribution in [2.45, 2.75) is 57.3 Å². The van der Waals surface area contributed by atoms with Crippen LogP contribution in [-0.2, 0) is 5.41 Å². The molecule has 3 unspecified atom stereocenters. The zero-order valence-electron chi connectivity index (χ0n) is 16.0. The summed E-state index contributed by atoms with van der Waals surface area (Å²) >= 11 is 0. The van der Waals surface area contributed by atoms with Gasteiger partial charge in [0.25, 0.3) is 0 Å². The van der Waals surface area contributed by atoms with Crippen molar-refractivity contribution < 1.29 is 0 Å². The van der Waals surface area contributed by atoms with Crippen LogP contribution in [0.3, 0.4) is 0 Å². The lowest BCUT2D eigenvalue weighted by atomic mass is 9.42. The second kappa shape index (κ2) is 5.52. The molecule has 26 heavy (non-hydrogen) atoms. The van der Waals surface area contributed by atoms with Crippen LogP contribution in [0.5, 0.6) is 0 Å². The van der Waals surface area contributed by atoms with Crippen LogP contribution in [0.15, 0.2) is 36.4 Å². The van der Waals surface area contributed by atoms with Crippen molar-refractivity contribution in [2.24, 2.45) is 17.8 Å². The van der Waals surface area contributed by atoms with E-state index >= 15 is 0 Å². The van der Waals surface area contributed by atoms with Gasteiger partial charge in [-0.05, 0) is 104 Å². The van der Waals surface area contributed by atoms with Crippen molar-refractivity contribution in [3.63, 3.8) is 0 Å². The Morgan fingerprint density at radius 1 is 0.808 bits per heavy atom. The molecule has 0 aromatic heterocycles. The molecule has 4 aliphatic carbocycles. The molecule has 2 heteroatoms. The van der Waals surface area contributed by atoms with Crippen molar-refractivity contribution >= 4 is 11.4 Å². The summed E-state index contributed by atoms with van der Waals surface area (Å²) in [5.74, 6) is 3.27. The van der Waals surface area contributed by atoms with Gasteiger partial charge < -0.3 is 11.5 Å². The van der Waals surface area contributed by atoms with Gasteiger partial charge in [0.1, 0.15) is 0 Å². The Morgan fingerprint density at radius 3 is 2.04 bits per heavy atom. The highest BCUT2D eigenvalue weighted by Crippen LogP contribution is 2.66. The van der Waals surface area contributed by atoms with Crippen molar-refractivity contribution in [3.05, 3.63) is 58.7 Å². The van der Waals surface area contributed by atoms with Crippen LogP contribution in [-0.4, -0.2) is 0 Å². The van der Waals surface area contributed by atoms with E-state index in [1.165, 1.54) is 54.4 Å². The summed E-state index contributed by atoms with van der Waals surface area (Å²) in [5.41, 5.74) is 19.9. The van der Waals surface area contributed by atoms with Crippen LogP contribution in [0.1, 0.15) is 60.3 Å². The largest absolute Gasteiger partial charge is 0.399 e. The van der Waals surface area contributed by atoms with E-state index in [0.717, 1.165) is 29.1 Å². The van der Waals surface area contributed by atoms with Gasteiger partial charge in [0.2, 0.25) is 0 Å². The monoisotopic (exact) mass is 346 g/mol. The van der Waals surface area contributed by atoms with Gasteiger partial charge in [-0.25, -0.2) is 0 Å². The minimum absolute atomic E-state index is 0.287. The lowest BCUT2D eigenvalue weighted by Crippen LogP contribution is -2.53. The lowest BCUT2D eigenvalue weighted by Gasteiger charge is -2.62. The Bertz CT molecular complexity index is 855. The molecule has 0 amide bonds. The number of nitrogen functional groups attached to an aromatic ring is 2. The number of aryl methyl sites for hydroxylation is 2. The molecule has 136 valence electrons. The molecule has 0 radical (unpaired) electrons. The molecule has 4 bridgehead atoms. The van der Waals surface area contributed by atoms with Gasteiger partial charge in [0.15, 0.2) is 0 Å². The predicted octanol–water partition coefficient (Wildman–Crippen LogP) is 5.33. The summed E-state index contributed by atoms with van der Waals surface area (Å²) in [7, 11) is 0. The summed E-state index contributed by atoms with van der Waals surface area (Å²) in [4.78, 5) is 0. The molecule has 0 aliphatic heterocycles. The standard InChI is InChI=1S/C24H30N2/c1-14-7-18(3-5-21(14)25)23-19-10-16-9-17(11-19)13-24(23,12-16)20-4-6-22(26)15(2)8-20/h3-8,16-17,19,23H,9-13,25-26H2,1-2H3. The Labute approximate surface area is 157 Å². The fourth-order valence-corrected chi connectivity index (χ4v) is 6.92. The van der Waals surface area contributed by atoms with Crippen molar-refractivity contribution in [1.29, 1.82) is 0 Å². The molecule has 4 aliphatic rings. The topological polar surface area (TPSA) is 52.0 Å². The van der Waals surface area contributed by atoms with E-state index in [1.807, 2.05) is 0 Å². The SMILES string of the molecule is Cc1cc(C2C3CC4CC(C3)CC2(c2ccc(N)c(C)c2)C4)ccc1N. The summed E-state index contributed by atoms with van der Waals surface area (Å²) in [5, 5.41) is 0. The second-order valence-corrected chi connectivity index (χ2v) is 9.43. The van der Waals surface area contributed by atoms with E-state index in [1.54, 1.807) is 0 Å². The molecule has 4 N–H and O–H groups in total. The highest BCUT2D eigenvalue weighted by molar-refractivity contribution is 5.53. The van der Waals surface area contributed by atoms with E-state index < -0.39 is 0 Å². The van der Waals surface area contributed by atoms with Gasteiger partial charge >= 0.3 is 0 Å². The van der Waals surface area contributed by atoms with Crippen LogP contribution in [0.25, 0.3) is 0 Å². The molecule has 0 heterocycles. The second-order valence-electron chi connectivity index (χ2n) is 9.43. The maximum atomic E-state index is 6.15. The fraction of sp³-hybridized carbons (Fsp3) is 0.500. The third-order valence-electron chi connectivity index (χ3n) is 7.81. The number of hydrogen-bond acceptors (Lipinski definition) is 2. The van der Waals surface area contributed by atoms with Crippen LogP contribution in [0.2, 0.25) is 0 Å². The molecule has 2 nitrogen and oxygen atoms in total. The average Bonchev–Trinajstić information content (AvgIpc) is 2.59. The molecule has 0 spiro atoms. The number of nitrogens with two attached hydrogens (primary N) is 2. The molecule has 6 rings (SSSR count). The lowest BCUT2D eigenvalue weighted by molar-refractivity contribution is -0.0280. The van der Waals surface area contributed by atoms with E-state index in [4.69, 9.17) is 11.5 Å². The summed E-state index contributed by atoms with van der Waals surface area (Å²) < 4.78 is 0. The van der Waals surface area contributed by atoms with Crippen LogP contribution in [0, 0.1) is 31.6 Å². The first-order valence-electron chi connectivity index (χ1n) is 10.2. The summed E-state index contributed by atoms with van der Waals surface area (Å²) in [6, 6.07) is 13.6. The molecule has 2 aromatic rings. The molecular formula is C24H30N2. The number of anilines is 2. The quantitative estimate of drug-likeness (QED) is 0.722. The Morgan fingerprint density at radius 2 is 1.42 bits per heavy atom. The smallest absolute Gasteiger partial charge is 0.0343 e. The first-order valence-corrected chi connectivity index (χ1v) is 10.2. The van der Waals surface area contributed by atoms with Gasteiger partial charge in [-0.2, -0.15) is 0 Å². The van der Waals surface area contributed by atoms with Crippen LogP contribution >= 0.6 is 0 Å². The maximum absolute atomic E-state index is 6.15. The van der Waals surface area contributed by atoms with E-state index in [2.05, 4.69) is 50.2 Å². The Kier molecular flexibility index (Phi) is 3.44. The van der Waals surface area contributed by atoms with Gasteiger partial charge in [-0.3, -0.25) is 0 Å². The number of rotatable bonds is 2. The normalized spacial score (nSPS) is 35.0. The first-order chi connectivity index (χ1) is 12.5. The highest BCUT2D eigenvalue weighted by Gasteiger charge is 2.57. The van der Waals surface area contributed by atoms with Crippen LogP contribution < -0.4 is 11.5 Å². The van der Waals surface area contributed by atoms with Crippen molar-refractivity contribution in [3.8, 4) is 0 Å². The minimum Gasteiger partial charge on any atom is -0.399 e. The first kappa shape index (κ1) is 16.2.